The SMILES string of the molecule is CC(C)OCCN(C)C(=O)NC(C)(C(=O)O)C1CC1. The molecule has 0 heterocycles. The number of carbonyl (C=O) groups is 2. The second-order valence-electron chi connectivity index (χ2n) is 5.55. The zero-order valence-electron chi connectivity index (χ0n) is 12.1. The van der Waals surface area contributed by atoms with Gasteiger partial charge in [0.15, 0.2) is 0 Å². The summed E-state index contributed by atoms with van der Waals surface area (Å²) in [5.41, 5.74) is -1.16. The van der Waals surface area contributed by atoms with E-state index in [2.05, 4.69) is 5.32 Å². The minimum Gasteiger partial charge on any atom is -0.480 e. The van der Waals surface area contributed by atoms with Gasteiger partial charge in [-0.2, -0.15) is 0 Å². The van der Waals surface area contributed by atoms with Crippen LogP contribution in [0.2, 0.25) is 0 Å². The summed E-state index contributed by atoms with van der Waals surface area (Å²) in [4.78, 5) is 24.7. The first-order chi connectivity index (χ1) is 8.77. The minimum atomic E-state index is -1.16. The molecule has 1 rings (SSSR count). The van der Waals surface area contributed by atoms with Gasteiger partial charge in [0.2, 0.25) is 0 Å². The van der Waals surface area contributed by atoms with Crippen LogP contribution < -0.4 is 5.32 Å². The number of hydrogen-bond donors (Lipinski definition) is 2. The van der Waals surface area contributed by atoms with E-state index < -0.39 is 11.5 Å². The monoisotopic (exact) mass is 272 g/mol. The number of carboxylic acid groups (broad SMARTS) is 1. The lowest BCUT2D eigenvalue weighted by Crippen LogP contribution is -2.57. The van der Waals surface area contributed by atoms with E-state index in [0.717, 1.165) is 12.8 Å². The number of nitrogens with zero attached hydrogens (tertiary/aromatic N) is 1. The third-order valence-corrected chi connectivity index (χ3v) is 3.43. The van der Waals surface area contributed by atoms with Gasteiger partial charge in [-0.25, -0.2) is 9.59 Å². The number of hydrogen-bond acceptors (Lipinski definition) is 3. The van der Waals surface area contributed by atoms with E-state index in [-0.39, 0.29) is 18.1 Å². The molecule has 1 aliphatic carbocycles. The lowest BCUT2D eigenvalue weighted by atomic mass is 9.96. The second kappa shape index (κ2) is 6.23. The van der Waals surface area contributed by atoms with Crippen molar-refractivity contribution in [1.29, 1.82) is 0 Å². The molecule has 0 bridgehead atoms. The molecule has 110 valence electrons. The van der Waals surface area contributed by atoms with Gasteiger partial charge in [0.1, 0.15) is 5.54 Å². The van der Waals surface area contributed by atoms with Crippen molar-refractivity contribution >= 4 is 12.0 Å². The smallest absolute Gasteiger partial charge is 0.329 e. The van der Waals surface area contributed by atoms with Crippen LogP contribution in [0, 0.1) is 5.92 Å². The van der Waals surface area contributed by atoms with E-state index in [0.29, 0.717) is 13.2 Å². The van der Waals surface area contributed by atoms with Crippen LogP contribution in [0.3, 0.4) is 0 Å². The number of nitrogens with one attached hydrogen (secondary N) is 1. The molecule has 0 aromatic carbocycles. The van der Waals surface area contributed by atoms with Gasteiger partial charge in [0.05, 0.1) is 12.7 Å². The summed E-state index contributed by atoms with van der Waals surface area (Å²) in [6.45, 7) is 6.30. The summed E-state index contributed by atoms with van der Waals surface area (Å²) in [7, 11) is 1.63. The molecule has 6 heteroatoms. The zero-order valence-corrected chi connectivity index (χ0v) is 12.1. The number of aliphatic carboxylic acids is 1. The Morgan fingerprint density at radius 2 is 2.05 bits per heavy atom. The normalized spacial score (nSPS) is 17.9. The Bertz CT molecular complexity index is 342. The van der Waals surface area contributed by atoms with Crippen molar-refractivity contribution in [1.82, 2.24) is 10.2 Å². The molecular weight excluding hydrogens is 248 g/mol. The Balaban J connectivity index is 2.46. The zero-order chi connectivity index (χ0) is 14.6. The van der Waals surface area contributed by atoms with Crippen LogP contribution in [0.1, 0.15) is 33.6 Å². The third-order valence-electron chi connectivity index (χ3n) is 3.43. The van der Waals surface area contributed by atoms with Crippen molar-refractivity contribution in [3.8, 4) is 0 Å². The molecule has 0 saturated heterocycles. The molecule has 0 aromatic rings. The standard InChI is InChI=1S/C13H24N2O4/c1-9(2)19-8-7-15(4)12(18)14-13(3,11(16)17)10-5-6-10/h9-10H,5-8H2,1-4H3,(H,14,18)(H,16,17). The van der Waals surface area contributed by atoms with Gasteiger partial charge >= 0.3 is 12.0 Å². The van der Waals surface area contributed by atoms with Gasteiger partial charge < -0.3 is 20.1 Å². The number of likely N-dealkylation sites (N-methyl/N-ethyl adjacent to an activating group) is 1. The van der Waals surface area contributed by atoms with E-state index in [1.807, 2.05) is 13.8 Å². The van der Waals surface area contributed by atoms with Crippen LogP contribution in [0.4, 0.5) is 4.79 Å². The van der Waals surface area contributed by atoms with Gasteiger partial charge in [0, 0.05) is 13.6 Å². The summed E-state index contributed by atoms with van der Waals surface area (Å²) < 4.78 is 5.36. The number of rotatable bonds is 7. The molecule has 2 amide bonds. The van der Waals surface area contributed by atoms with Crippen LogP contribution >= 0.6 is 0 Å². The van der Waals surface area contributed by atoms with Crippen molar-refractivity contribution < 1.29 is 19.4 Å². The fourth-order valence-electron chi connectivity index (χ4n) is 1.84. The molecule has 1 saturated carbocycles. The largest absolute Gasteiger partial charge is 0.480 e. The van der Waals surface area contributed by atoms with Crippen molar-refractivity contribution in [2.75, 3.05) is 20.2 Å². The Kier molecular flexibility index (Phi) is 5.17. The number of carbonyl (C=O) groups excluding carboxylic acids is 1. The lowest BCUT2D eigenvalue weighted by molar-refractivity contribution is -0.144. The maximum absolute atomic E-state index is 12.0. The number of carboxylic acids is 1. The van der Waals surface area contributed by atoms with Crippen LogP contribution in [-0.2, 0) is 9.53 Å². The summed E-state index contributed by atoms with van der Waals surface area (Å²) in [6.07, 6.45) is 1.82. The number of ether oxygens (including phenoxy) is 1. The van der Waals surface area contributed by atoms with Gasteiger partial charge in [-0.05, 0) is 39.5 Å². The van der Waals surface area contributed by atoms with Crippen molar-refractivity contribution in [3.05, 3.63) is 0 Å². The Morgan fingerprint density at radius 3 is 2.47 bits per heavy atom. The summed E-state index contributed by atoms with van der Waals surface area (Å²) in [6, 6.07) is -0.371. The average molecular weight is 272 g/mol. The maximum Gasteiger partial charge on any atom is 0.329 e. The topological polar surface area (TPSA) is 78.9 Å². The average Bonchev–Trinajstić information content (AvgIpc) is 3.11. The van der Waals surface area contributed by atoms with Crippen molar-refractivity contribution in [2.45, 2.75) is 45.3 Å². The molecule has 0 spiro atoms. The molecule has 1 atom stereocenters. The number of amides is 2. The first-order valence-corrected chi connectivity index (χ1v) is 6.65. The van der Waals surface area contributed by atoms with E-state index in [4.69, 9.17) is 4.74 Å². The van der Waals surface area contributed by atoms with Crippen LogP contribution in [-0.4, -0.2) is 53.8 Å². The molecule has 19 heavy (non-hydrogen) atoms. The predicted octanol–water partition coefficient (Wildman–Crippen LogP) is 1.31. The molecule has 1 unspecified atom stereocenters. The van der Waals surface area contributed by atoms with Crippen LogP contribution in [0.25, 0.3) is 0 Å². The van der Waals surface area contributed by atoms with E-state index in [1.165, 1.54) is 4.90 Å². The van der Waals surface area contributed by atoms with Gasteiger partial charge in [-0.1, -0.05) is 0 Å². The van der Waals surface area contributed by atoms with Crippen LogP contribution in [0.15, 0.2) is 0 Å². The summed E-state index contributed by atoms with van der Waals surface area (Å²) >= 11 is 0. The summed E-state index contributed by atoms with van der Waals surface area (Å²) in [5.74, 6) is -0.940. The minimum absolute atomic E-state index is 0.0364. The predicted molar refractivity (Wildman–Crippen MR) is 71.0 cm³/mol. The lowest BCUT2D eigenvalue weighted by Gasteiger charge is -2.29. The van der Waals surface area contributed by atoms with Crippen molar-refractivity contribution in [2.24, 2.45) is 5.92 Å². The van der Waals surface area contributed by atoms with Gasteiger partial charge in [-0.3, -0.25) is 0 Å². The van der Waals surface area contributed by atoms with Gasteiger partial charge in [0.25, 0.3) is 0 Å². The Hall–Kier alpha value is -1.30. The highest BCUT2D eigenvalue weighted by molar-refractivity contribution is 5.86. The molecule has 1 aliphatic rings. The van der Waals surface area contributed by atoms with E-state index in [9.17, 15) is 14.7 Å². The fourth-order valence-corrected chi connectivity index (χ4v) is 1.84. The molecule has 6 nitrogen and oxygen atoms in total. The molecule has 1 fully saturated rings. The molecule has 0 radical (unpaired) electrons. The fraction of sp³-hybridized carbons (Fsp3) is 0.846. The highest BCUT2D eigenvalue weighted by Gasteiger charge is 2.48. The number of urea groups is 1. The molecule has 0 aromatic heterocycles. The Morgan fingerprint density at radius 1 is 1.47 bits per heavy atom. The Labute approximate surface area is 114 Å². The third kappa shape index (κ3) is 4.38. The molecule has 2 N–H and O–H groups in total. The maximum atomic E-state index is 12.0. The van der Waals surface area contributed by atoms with E-state index in [1.54, 1.807) is 14.0 Å². The highest BCUT2D eigenvalue weighted by atomic mass is 16.5. The quantitative estimate of drug-likeness (QED) is 0.732. The first-order valence-electron chi connectivity index (χ1n) is 6.65. The highest BCUT2D eigenvalue weighted by Crippen LogP contribution is 2.39. The van der Waals surface area contributed by atoms with Gasteiger partial charge in [-0.15, -0.1) is 0 Å². The molecular formula is C13H24N2O4. The van der Waals surface area contributed by atoms with Crippen LogP contribution in [0.5, 0.6) is 0 Å². The van der Waals surface area contributed by atoms with Crippen molar-refractivity contribution in [3.63, 3.8) is 0 Å². The first kappa shape index (κ1) is 15.8. The van der Waals surface area contributed by atoms with E-state index >= 15 is 0 Å². The second-order valence-corrected chi connectivity index (χ2v) is 5.55. The summed E-state index contributed by atoms with van der Waals surface area (Å²) in [5, 5.41) is 11.9. The molecule has 0 aliphatic heterocycles.